The molecule has 0 aliphatic carbocycles. The van der Waals surface area contributed by atoms with E-state index in [1.54, 1.807) is 34.9 Å². The molecule has 2 aromatic carbocycles. The minimum absolute atomic E-state index is 0.0635. The normalized spacial score (nSPS) is 13.9. The Balaban J connectivity index is 1.54. The van der Waals surface area contributed by atoms with Crippen LogP contribution < -0.4 is 5.56 Å². The Kier molecular flexibility index (Phi) is 5.74. The summed E-state index contributed by atoms with van der Waals surface area (Å²) in [7, 11) is 0. The van der Waals surface area contributed by atoms with Gasteiger partial charge in [-0.25, -0.2) is 9.78 Å². The molecule has 0 radical (unpaired) electrons. The van der Waals surface area contributed by atoms with Crippen molar-refractivity contribution in [2.24, 2.45) is 0 Å². The first-order chi connectivity index (χ1) is 14.5. The highest BCUT2D eigenvalue weighted by Gasteiger charge is 2.16. The first kappa shape index (κ1) is 20.0. The van der Waals surface area contributed by atoms with E-state index in [0.717, 1.165) is 43.5 Å². The average Bonchev–Trinajstić information content (AvgIpc) is 2.73. The lowest BCUT2D eigenvalue weighted by molar-refractivity contribution is 0.0475. The molecule has 1 aliphatic heterocycles. The van der Waals surface area contributed by atoms with Crippen LogP contribution in [0.5, 0.6) is 0 Å². The standard InChI is InChI=1S/C24H24N2O4/c1-16-7-9-17(10-8-16)21(27)15-30-24(29)18-11-12-19-20(14-18)25-22-6-4-2-3-5-13-26(22)23(19)28/h7-12,14H,2-6,13,15H2,1H3. The van der Waals surface area contributed by atoms with Crippen molar-refractivity contribution in [2.45, 2.75) is 45.6 Å². The zero-order valence-corrected chi connectivity index (χ0v) is 17.0. The third kappa shape index (κ3) is 4.17. The SMILES string of the molecule is Cc1ccc(C(=O)COC(=O)c2ccc3c(=O)n4c(nc3c2)CCCCCC4)cc1. The number of Topliss-reactive ketones (excluding diaryl/α,β-unsaturated/α-hetero) is 1. The molecule has 0 spiro atoms. The van der Waals surface area contributed by atoms with Gasteiger partial charge in [0, 0.05) is 18.5 Å². The number of nitrogens with zero attached hydrogens (tertiary/aromatic N) is 2. The Labute approximate surface area is 174 Å². The summed E-state index contributed by atoms with van der Waals surface area (Å²) < 4.78 is 6.97. The zero-order valence-electron chi connectivity index (χ0n) is 17.0. The molecule has 6 nitrogen and oxygen atoms in total. The van der Waals surface area contributed by atoms with E-state index in [4.69, 9.17) is 4.74 Å². The van der Waals surface area contributed by atoms with Crippen LogP contribution in [0.2, 0.25) is 0 Å². The lowest BCUT2D eigenvalue weighted by atomic mass is 10.1. The fourth-order valence-electron chi connectivity index (χ4n) is 3.76. The highest BCUT2D eigenvalue weighted by Crippen LogP contribution is 2.17. The first-order valence-corrected chi connectivity index (χ1v) is 10.3. The second-order valence-electron chi connectivity index (χ2n) is 7.75. The van der Waals surface area contributed by atoms with Crippen molar-refractivity contribution in [2.75, 3.05) is 6.61 Å². The van der Waals surface area contributed by atoms with Gasteiger partial charge < -0.3 is 4.74 Å². The van der Waals surface area contributed by atoms with Crippen LogP contribution in [0.1, 0.15) is 57.8 Å². The van der Waals surface area contributed by atoms with Gasteiger partial charge in [0.2, 0.25) is 0 Å². The summed E-state index contributed by atoms with van der Waals surface area (Å²) in [6, 6.07) is 11.9. The average molecular weight is 404 g/mol. The van der Waals surface area contributed by atoms with Gasteiger partial charge in [0.25, 0.3) is 5.56 Å². The fraction of sp³-hybridized carbons (Fsp3) is 0.333. The maximum absolute atomic E-state index is 12.9. The van der Waals surface area contributed by atoms with Crippen LogP contribution in [0.4, 0.5) is 0 Å². The minimum Gasteiger partial charge on any atom is -0.454 e. The number of fused-ring (bicyclic) bond motifs is 2. The molecule has 1 aromatic heterocycles. The van der Waals surface area contributed by atoms with Gasteiger partial charge in [-0.1, -0.05) is 42.7 Å². The van der Waals surface area contributed by atoms with E-state index in [1.807, 2.05) is 19.1 Å². The molecule has 0 saturated carbocycles. The molecule has 30 heavy (non-hydrogen) atoms. The van der Waals surface area contributed by atoms with Crippen LogP contribution in [0.15, 0.2) is 47.3 Å². The highest BCUT2D eigenvalue weighted by atomic mass is 16.5. The third-order valence-corrected chi connectivity index (χ3v) is 5.51. The topological polar surface area (TPSA) is 78.3 Å². The van der Waals surface area contributed by atoms with E-state index in [1.165, 1.54) is 0 Å². The molecule has 2 heterocycles. The number of rotatable bonds is 4. The molecule has 6 heteroatoms. The summed E-state index contributed by atoms with van der Waals surface area (Å²) in [6.07, 6.45) is 4.98. The fourth-order valence-corrected chi connectivity index (χ4v) is 3.76. The van der Waals surface area contributed by atoms with Crippen molar-refractivity contribution in [3.05, 3.63) is 75.3 Å². The van der Waals surface area contributed by atoms with Crippen molar-refractivity contribution < 1.29 is 14.3 Å². The highest BCUT2D eigenvalue weighted by molar-refractivity contribution is 6.00. The van der Waals surface area contributed by atoms with Gasteiger partial charge in [0.1, 0.15) is 5.82 Å². The van der Waals surface area contributed by atoms with Gasteiger partial charge in [-0.3, -0.25) is 14.2 Å². The Morgan fingerprint density at radius 2 is 1.73 bits per heavy atom. The molecule has 0 N–H and O–H groups in total. The van der Waals surface area contributed by atoms with Crippen LogP contribution in [0.3, 0.4) is 0 Å². The molecule has 0 atom stereocenters. The maximum atomic E-state index is 12.9. The minimum atomic E-state index is -0.606. The van der Waals surface area contributed by atoms with Crippen molar-refractivity contribution in [1.82, 2.24) is 9.55 Å². The number of hydrogen-bond donors (Lipinski definition) is 0. The van der Waals surface area contributed by atoms with Crippen LogP contribution >= 0.6 is 0 Å². The molecule has 0 amide bonds. The Bertz CT molecular complexity index is 1160. The Hall–Kier alpha value is -3.28. The summed E-state index contributed by atoms with van der Waals surface area (Å²) in [5.74, 6) is -0.0971. The number of aromatic nitrogens is 2. The van der Waals surface area contributed by atoms with Gasteiger partial charge in [-0.05, 0) is 38.0 Å². The molecule has 3 aromatic rings. The summed E-state index contributed by atoms with van der Waals surface area (Å²) in [4.78, 5) is 42.2. The lowest BCUT2D eigenvalue weighted by Gasteiger charge is -2.16. The monoisotopic (exact) mass is 404 g/mol. The Morgan fingerprint density at radius 3 is 2.53 bits per heavy atom. The predicted molar refractivity (Wildman–Crippen MR) is 114 cm³/mol. The quantitative estimate of drug-likeness (QED) is 0.487. The third-order valence-electron chi connectivity index (χ3n) is 5.51. The molecule has 1 aliphatic rings. The number of hydrogen-bond acceptors (Lipinski definition) is 5. The molecule has 0 unspecified atom stereocenters. The van der Waals surface area contributed by atoms with Gasteiger partial charge in [0.05, 0.1) is 16.5 Å². The molecule has 0 fully saturated rings. The number of ether oxygens (including phenoxy) is 1. The van der Waals surface area contributed by atoms with E-state index in [0.29, 0.717) is 23.0 Å². The van der Waals surface area contributed by atoms with Crippen molar-refractivity contribution >= 4 is 22.7 Å². The van der Waals surface area contributed by atoms with E-state index in [-0.39, 0.29) is 23.5 Å². The van der Waals surface area contributed by atoms with Crippen molar-refractivity contribution in [3.8, 4) is 0 Å². The predicted octanol–water partition coefficient (Wildman–Crippen LogP) is 3.86. The number of carbonyl (C=O) groups is 2. The smallest absolute Gasteiger partial charge is 0.338 e. The van der Waals surface area contributed by atoms with Crippen LogP contribution in [-0.4, -0.2) is 27.9 Å². The summed E-state index contributed by atoms with van der Waals surface area (Å²) in [5.41, 5.74) is 2.26. The van der Waals surface area contributed by atoms with E-state index in [2.05, 4.69) is 4.98 Å². The van der Waals surface area contributed by atoms with E-state index >= 15 is 0 Å². The number of benzene rings is 2. The van der Waals surface area contributed by atoms with E-state index in [9.17, 15) is 14.4 Å². The van der Waals surface area contributed by atoms with Gasteiger partial charge >= 0.3 is 5.97 Å². The van der Waals surface area contributed by atoms with Gasteiger partial charge in [0.15, 0.2) is 12.4 Å². The number of ketones is 1. The molecular weight excluding hydrogens is 380 g/mol. The summed E-state index contributed by atoms with van der Waals surface area (Å²) >= 11 is 0. The number of carbonyl (C=O) groups excluding carboxylic acids is 2. The molecule has 0 bridgehead atoms. The molecule has 154 valence electrons. The zero-order chi connectivity index (χ0) is 21.1. The van der Waals surface area contributed by atoms with Crippen molar-refractivity contribution in [1.29, 1.82) is 0 Å². The Morgan fingerprint density at radius 1 is 1.00 bits per heavy atom. The van der Waals surface area contributed by atoms with E-state index < -0.39 is 5.97 Å². The largest absolute Gasteiger partial charge is 0.454 e. The molecule has 4 rings (SSSR count). The van der Waals surface area contributed by atoms with Crippen LogP contribution in [0.25, 0.3) is 10.9 Å². The van der Waals surface area contributed by atoms with Gasteiger partial charge in [-0.2, -0.15) is 0 Å². The number of aryl methyl sites for hydroxylation is 2. The second-order valence-corrected chi connectivity index (χ2v) is 7.75. The molecule has 0 saturated heterocycles. The van der Waals surface area contributed by atoms with Crippen LogP contribution in [-0.2, 0) is 17.7 Å². The first-order valence-electron chi connectivity index (χ1n) is 10.3. The van der Waals surface area contributed by atoms with Crippen molar-refractivity contribution in [3.63, 3.8) is 0 Å². The second kappa shape index (κ2) is 8.61. The maximum Gasteiger partial charge on any atom is 0.338 e. The molecular formula is C24H24N2O4. The summed E-state index contributed by atoms with van der Waals surface area (Å²) in [6.45, 7) is 2.29. The number of esters is 1. The lowest BCUT2D eigenvalue weighted by Crippen LogP contribution is -2.26. The van der Waals surface area contributed by atoms with Crippen LogP contribution in [0, 0.1) is 6.92 Å². The summed E-state index contributed by atoms with van der Waals surface area (Å²) in [5, 5.41) is 0.492. The van der Waals surface area contributed by atoms with Gasteiger partial charge in [-0.15, -0.1) is 0 Å².